The largest absolute Gasteiger partial charge is 0.242 e. The summed E-state index contributed by atoms with van der Waals surface area (Å²) >= 11 is 0. The van der Waals surface area contributed by atoms with E-state index in [1.165, 1.54) is 72.1 Å². The lowest BCUT2D eigenvalue weighted by atomic mass is 9.30. The van der Waals surface area contributed by atoms with E-state index in [2.05, 4.69) is 104 Å². The van der Waals surface area contributed by atoms with Gasteiger partial charge in [-0.15, -0.1) is 0 Å². The number of hydrogen-bond acceptors (Lipinski definition) is 0. The Bertz CT molecular complexity index is 1640. The molecule has 5 aromatic rings. The van der Waals surface area contributed by atoms with Crippen LogP contribution in [0.4, 0.5) is 0 Å². The number of fused-ring (bicyclic) bond motifs is 6. The van der Waals surface area contributed by atoms with Crippen LogP contribution in [0.3, 0.4) is 0 Å². The maximum Gasteiger partial charge on any atom is 0.242 e. The van der Waals surface area contributed by atoms with Gasteiger partial charge in [0.15, 0.2) is 0 Å². The van der Waals surface area contributed by atoms with Gasteiger partial charge in [0.1, 0.15) is 0 Å². The summed E-state index contributed by atoms with van der Waals surface area (Å²) in [6, 6.07) is 37.1. The zero-order chi connectivity index (χ0) is 23.8. The Kier molecular flexibility index (Phi) is 4.29. The Morgan fingerprint density at radius 3 is 1.75 bits per heavy atom. The molecule has 0 spiro atoms. The molecular weight excluding hydrogens is 431 g/mol. The van der Waals surface area contributed by atoms with Crippen LogP contribution in [0, 0.1) is 6.92 Å². The van der Waals surface area contributed by atoms with Crippen molar-refractivity contribution in [1.29, 1.82) is 0 Å². The molecule has 3 aliphatic rings. The standard InChI is InChI=1S/C35H27B/c1-22-8-6-11-23-16-24-12-7-13-30(32(24)21-31(22)23)27-19-28-17-25-9-2-4-14-33(25)36-34-15-5-3-10-26(34)18-29(20-27)35(28)36/h2-15,19-20H,16-18,21H2,1H3. The Labute approximate surface area is 213 Å². The van der Waals surface area contributed by atoms with Gasteiger partial charge in [0.05, 0.1) is 0 Å². The van der Waals surface area contributed by atoms with Crippen molar-refractivity contribution in [3.63, 3.8) is 0 Å². The zero-order valence-electron chi connectivity index (χ0n) is 20.6. The van der Waals surface area contributed by atoms with Crippen molar-refractivity contribution in [1.82, 2.24) is 0 Å². The van der Waals surface area contributed by atoms with Gasteiger partial charge < -0.3 is 0 Å². The van der Waals surface area contributed by atoms with Gasteiger partial charge >= 0.3 is 0 Å². The second-order valence-electron chi connectivity index (χ2n) is 10.9. The molecule has 0 saturated carbocycles. The molecule has 36 heavy (non-hydrogen) atoms. The smallest absolute Gasteiger partial charge is 0.0667 e. The highest BCUT2D eigenvalue weighted by atomic mass is 14.3. The molecule has 0 unspecified atom stereocenters. The molecule has 8 rings (SSSR count). The van der Waals surface area contributed by atoms with E-state index in [9.17, 15) is 0 Å². The van der Waals surface area contributed by atoms with Gasteiger partial charge in [0.2, 0.25) is 6.71 Å². The molecule has 0 aromatic heterocycles. The molecule has 2 heterocycles. The third kappa shape index (κ3) is 2.89. The topological polar surface area (TPSA) is 0 Å². The quantitative estimate of drug-likeness (QED) is 0.286. The minimum atomic E-state index is 0.359. The van der Waals surface area contributed by atoms with Crippen molar-refractivity contribution < 1.29 is 0 Å². The molecule has 170 valence electrons. The van der Waals surface area contributed by atoms with Crippen molar-refractivity contribution in [2.45, 2.75) is 32.6 Å². The molecular formula is C35H27B. The first-order valence-electron chi connectivity index (χ1n) is 13.2. The Morgan fingerprint density at radius 2 is 1.06 bits per heavy atom. The van der Waals surface area contributed by atoms with Crippen molar-refractivity contribution >= 4 is 23.1 Å². The lowest BCUT2D eigenvalue weighted by molar-refractivity contribution is 0.988. The monoisotopic (exact) mass is 458 g/mol. The highest BCUT2D eigenvalue weighted by molar-refractivity contribution is 6.97. The number of aryl methyl sites for hydroxylation is 1. The van der Waals surface area contributed by atoms with E-state index >= 15 is 0 Å². The number of rotatable bonds is 1. The summed E-state index contributed by atoms with van der Waals surface area (Å²) in [4.78, 5) is 0. The van der Waals surface area contributed by atoms with E-state index in [-0.39, 0.29) is 0 Å². The first-order chi connectivity index (χ1) is 17.7. The average Bonchev–Trinajstić information content (AvgIpc) is 2.91. The molecule has 0 fully saturated rings. The normalized spacial score (nSPS) is 14.3. The van der Waals surface area contributed by atoms with Crippen molar-refractivity contribution in [2.75, 3.05) is 0 Å². The van der Waals surface area contributed by atoms with Gasteiger partial charge in [0, 0.05) is 0 Å². The fourth-order valence-corrected chi connectivity index (χ4v) is 7.28. The summed E-state index contributed by atoms with van der Waals surface area (Å²) in [6.07, 6.45) is 4.14. The van der Waals surface area contributed by atoms with Crippen LogP contribution in [-0.4, -0.2) is 6.71 Å². The molecule has 0 amide bonds. The summed E-state index contributed by atoms with van der Waals surface area (Å²) in [5, 5.41) is 0. The van der Waals surface area contributed by atoms with E-state index < -0.39 is 0 Å². The Morgan fingerprint density at radius 1 is 0.500 bits per heavy atom. The van der Waals surface area contributed by atoms with Crippen LogP contribution in [0.5, 0.6) is 0 Å². The lowest BCUT2D eigenvalue weighted by Gasteiger charge is -2.34. The van der Waals surface area contributed by atoms with Crippen LogP contribution >= 0.6 is 0 Å². The Hall–Kier alpha value is -3.84. The van der Waals surface area contributed by atoms with Gasteiger partial charge in [-0.1, -0.05) is 113 Å². The van der Waals surface area contributed by atoms with E-state index in [0.717, 1.165) is 25.7 Å². The van der Waals surface area contributed by atoms with Gasteiger partial charge in [0.25, 0.3) is 0 Å². The highest BCUT2D eigenvalue weighted by Gasteiger charge is 2.37. The van der Waals surface area contributed by atoms with E-state index in [1.54, 1.807) is 5.46 Å². The van der Waals surface area contributed by atoms with Crippen LogP contribution in [0.2, 0.25) is 0 Å². The molecule has 5 aromatic carbocycles. The fourth-order valence-electron chi connectivity index (χ4n) is 7.28. The van der Waals surface area contributed by atoms with Crippen LogP contribution in [-0.2, 0) is 25.7 Å². The molecule has 0 N–H and O–H groups in total. The second-order valence-corrected chi connectivity index (χ2v) is 10.9. The van der Waals surface area contributed by atoms with Gasteiger partial charge in [-0.05, 0) is 93.8 Å². The Balaban J connectivity index is 1.33. The molecule has 0 saturated heterocycles. The maximum absolute atomic E-state index is 2.53. The maximum atomic E-state index is 2.53. The SMILES string of the molecule is Cc1cccc2c1Cc1c(cccc1-c1cc3c4c(c1)Cc1ccccc1B4c1ccccc1C3)C2. The summed E-state index contributed by atoms with van der Waals surface area (Å²) in [5.74, 6) is 0. The molecule has 1 heteroatoms. The first kappa shape index (κ1) is 20.4. The minimum Gasteiger partial charge on any atom is -0.0667 e. The van der Waals surface area contributed by atoms with Crippen molar-refractivity contribution in [3.05, 3.63) is 147 Å². The van der Waals surface area contributed by atoms with Crippen LogP contribution in [0.1, 0.15) is 50.1 Å². The molecule has 1 aliphatic carbocycles. The summed E-state index contributed by atoms with van der Waals surface area (Å²) in [7, 11) is 0. The molecule has 0 radical (unpaired) electrons. The molecule has 0 atom stereocenters. The van der Waals surface area contributed by atoms with Crippen LogP contribution in [0.15, 0.2) is 97.1 Å². The number of benzene rings is 5. The number of hydrogen-bond donors (Lipinski definition) is 0. The molecule has 0 bridgehead atoms. The predicted molar refractivity (Wildman–Crippen MR) is 152 cm³/mol. The molecule has 2 aliphatic heterocycles. The lowest BCUT2D eigenvalue weighted by Crippen LogP contribution is -2.61. The van der Waals surface area contributed by atoms with Gasteiger partial charge in [-0.25, -0.2) is 0 Å². The van der Waals surface area contributed by atoms with E-state index in [1.807, 2.05) is 0 Å². The highest BCUT2D eigenvalue weighted by Crippen LogP contribution is 2.37. The third-order valence-corrected chi connectivity index (χ3v) is 8.96. The fraction of sp³-hybridized carbons (Fsp3) is 0.143. The van der Waals surface area contributed by atoms with Gasteiger partial charge in [-0.3, -0.25) is 0 Å². The summed E-state index contributed by atoms with van der Waals surface area (Å²) in [5.41, 5.74) is 20.8. The zero-order valence-corrected chi connectivity index (χ0v) is 20.6. The van der Waals surface area contributed by atoms with E-state index in [4.69, 9.17) is 0 Å². The average molecular weight is 458 g/mol. The minimum absolute atomic E-state index is 0.359. The second kappa shape index (κ2) is 7.58. The van der Waals surface area contributed by atoms with Crippen molar-refractivity contribution in [3.8, 4) is 11.1 Å². The van der Waals surface area contributed by atoms with E-state index in [0.29, 0.717) is 6.71 Å². The first-order valence-corrected chi connectivity index (χ1v) is 13.2. The molecule has 0 nitrogen and oxygen atoms in total. The predicted octanol–water partition coefficient (Wildman–Crippen LogP) is 5.48. The summed E-state index contributed by atoms with van der Waals surface area (Å²) in [6.45, 7) is 2.63. The van der Waals surface area contributed by atoms with Gasteiger partial charge in [-0.2, -0.15) is 0 Å². The summed E-state index contributed by atoms with van der Waals surface area (Å²) < 4.78 is 0. The third-order valence-electron chi connectivity index (χ3n) is 8.96. The van der Waals surface area contributed by atoms with Crippen molar-refractivity contribution in [2.24, 2.45) is 0 Å². The van der Waals surface area contributed by atoms with Crippen LogP contribution < -0.4 is 16.4 Å². The van der Waals surface area contributed by atoms with Crippen LogP contribution in [0.25, 0.3) is 11.1 Å².